The number of aromatic nitrogens is 4. The maximum Gasteiger partial charge on any atom is 0.271 e. The molecule has 138 valence electrons. The first-order chi connectivity index (χ1) is 12.9. The van der Waals surface area contributed by atoms with Gasteiger partial charge in [-0.1, -0.05) is 35.5 Å². The number of aryl methyl sites for hydroxylation is 1. The average Bonchev–Trinajstić information content (AvgIpc) is 3.10. The van der Waals surface area contributed by atoms with E-state index in [-0.39, 0.29) is 17.3 Å². The summed E-state index contributed by atoms with van der Waals surface area (Å²) in [4.78, 5) is 22.6. The second-order valence-corrected chi connectivity index (χ2v) is 6.83. The van der Waals surface area contributed by atoms with Crippen molar-refractivity contribution in [3.05, 3.63) is 63.2 Å². The number of non-ortho nitro benzene ring substituents is 1. The molecular formula is C16H13ClN6O3S. The molecule has 27 heavy (non-hydrogen) atoms. The first-order valence-electron chi connectivity index (χ1n) is 7.66. The third-order valence-electron chi connectivity index (χ3n) is 3.53. The minimum Gasteiger partial charge on any atom is -0.325 e. The number of benzene rings is 2. The van der Waals surface area contributed by atoms with Crippen LogP contribution in [0.1, 0.15) is 5.56 Å². The summed E-state index contributed by atoms with van der Waals surface area (Å²) >= 11 is 7.12. The Labute approximate surface area is 162 Å². The van der Waals surface area contributed by atoms with E-state index in [4.69, 9.17) is 11.6 Å². The third-order valence-corrected chi connectivity index (χ3v) is 4.69. The van der Waals surface area contributed by atoms with Gasteiger partial charge in [0.25, 0.3) is 5.69 Å². The van der Waals surface area contributed by atoms with Crippen molar-refractivity contribution in [2.75, 3.05) is 11.1 Å². The molecule has 0 spiro atoms. The molecule has 1 amide bonds. The van der Waals surface area contributed by atoms with E-state index in [1.54, 1.807) is 37.3 Å². The number of amides is 1. The molecule has 0 saturated carbocycles. The molecule has 0 aliphatic carbocycles. The molecule has 0 bridgehead atoms. The number of tetrazole rings is 1. The summed E-state index contributed by atoms with van der Waals surface area (Å²) in [5.41, 5.74) is 1.70. The van der Waals surface area contributed by atoms with Crippen LogP contribution in [0.15, 0.2) is 47.6 Å². The van der Waals surface area contributed by atoms with Gasteiger partial charge in [0.05, 0.1) is 22.1 Å². The SMILES string of the molecule is Cc1ccc([N+](=O)[O-])cc1NC(=O)CSc1nnnn1-c1cccc(Cl)c1. The number of nitrogens with zero attached hydrogens (tertiary/aromatic N) is 5. The first-order valence-corrected chi connectivity index (χ1v) is 9.02. The summed E-state index contributed by atoms with van der Waals surface area (Å²) in [5, 5.41) is 26.0. The van der Waals surface area contributed by atoms with Crippen LogP contribution >= 0.6 is 23.4 Å². The van der Waals surface area contributed by atoms with Crippen LogP contribution < -0.4 is 5.32 Å². The predicted octanol–water partition coefficient (Wildman–Crippen LogP) is 3.26. The number of carbonyl (C=O) groups is 1. The zero-order chi connectivity index (χ0) is 19.4. The highest BCUT2D eigenvalue weighted by Crippen LogP contribution is 2.23. The summed E-state index contributed by atoms with van der Waals surface area (Å²) in [6.45, 7) is 1.76. The lowest BCUT2D eigenvalue weighted by Crippen LogP contribution is -2.15. The van der Waals surface area contributed by atoms with E-state index in [1.807, 2.05) is 0 Å². The lowest BCUT2D eigenvalue weighted by Gasteiger charge is -2.08. The molecule has 0 radical (unpaired) electrons. The van der Waals surface area contributed by atoms with Crippen molar-refractivity contribution in [3.8, 4) is 5.69 Å². The Bertz CT molecular complexity index is 1010. The monoisotopic (exact) mass is 404 g/mol. The van der Waals surface area contributed by atoms with Crippen LogP contribution in [0.2, 0.25) is 5.02 Å². The van der Waals surface area contributed by atoms with Gasteiger partial charge < -0.3 is 5.32 Å². The minimum absolute atomic E-state index is 0.0308. The van der Waals surface area contributed by atoms with E-state index in [2.05, 4.69) is 20.8 Å². The molecule has 2 aromatic carbocycles. The third kappa shape index (κ3) is 4.60. The zero-order valence-corrected chi connectivity index (χ0v) is 15.6. The van der Waals surface area contributed by atoms with Crippen LogP contribution in [-0.4, -0.2) is 36.8 Å². The molecule has 0 fully saturated rings. The number of rotatable bonds is 6. The van der Waals surface area contributed by atoms with E-state index in [0.717, 1.165) is 17.3 Å². The molecule has 0 aliphatic rings. The van der Waals surface area contributed by atoms with Gasteiger partial charge in [0, 0.05) is 17.2 Å². The van der Waals surface area contributed by atoms with Gasteiger partial charge in [0.2, 0.25) is 11.1 Å². The molecule has 0 saturated heterocycles. The summed E-state index contributed by atoms with van der Waals surface area (Å²) in [7, 11) is 0. The molecule has 3 aromatic rings. The number of anilines is 1. The maximum atomic E-state index is 12.2. The van der Waals surface area contributed by atoms with Gasteiger partial charge in [-0.25, -0.2) is 0 Å². The Morgan fingerprint density at radius 1 is 1.33 bits per heavy atom. The highest BCUT2D eigenvalue weighted by atomic mass is 35.5. The number of nitro benzene ring substituents is 1. The van der Waals surface area contributed by atoms with E-state index in [1.165, 1.54) is 16.8 Å². The van der Waals surface area contributed by atoms with E-state index < -0.39 is 4.92 Å². The van der Waals surface area contributed by atoms with E-state index in [0.29, 0.717) is 21.6 Å². The molecule has 0 atom stereocenters. The predicted molar refractivity (Wildman–Crippen MR) is 101 cm³/mol. The summed E-state index contributed by atoms with van der Waals surface area (Å²) in [6.07, 6.45) is 0. The van der Waals surface area contributed by atoms with Crippen LogP contribution in [-0.2, 0) is 4.79 Å². The zero-order valence-electron chi connectivity index (χ0n) is 14.0. The largest absolute Gasteiger partial charge is 0.325 e. The smallest absolute Gasteiger partial charge is 0.271 e. The summed E-state index contributed by atoms with van der Waals surface area (Å²) < 4.78 is 1.47. The topological polar surface area (TPSA) is 116 Å². The van der Waals surface area contributed by atoms with Gasteiger partial charge in [0.1, 0.15) is 0 Å². The number of halogens is 1. The van der Waals surface area contributed by atoms with Crippen molar-refractivity contribution >= 4 is 40.6 Å². The van der Waals surface area contributed by atoms with Crippen LogP contribution in [0.25, 0.3) is 5.69 Å². The first kappa shape index (κ1) is 18.8. The number of nitro groups is 1. The molecule has 11 heteroatoms. The fourth-order valence-corrected chi connectivity index (χ4v) is 3.09. The standard InChI is InChI=1S/C16H13ClN6O3S/c1-10-5-6-13(23(25)26)8-14(10)18-15(24)9-27-16-19-20-21-22(16)12-4-2-3-11(17)7-12/h2-8H,9H2,1H3,(H,18,24). The maximum absolute atomic E-state index is 12.2. The number of thioether (sulfide) groups is 1. The van der Waals surface area contributed by atoms with Crippen LogP contribution in [0.5, 0.6) is 0 Å². The van der Waals surface area contributed by atoms with Crippen LogP contribution in [0, 0.1) is 17.0 Å². The van der Waals surface area contributed by atoms with Gasteiger partial charge in [-0.15, -0.1) is 5.10 Å². The highest BCUT2D eigenvalue weighted by Gasteiger charge is 2.14. The van der Waals surface area contributed by atoms with Crippen molar-refractivity contribution < 1.29 is 9.72 Å². The van der Waals surface area contributed by atoms with Crippen molar-refractivity contribution in [1.29, 1.82) is 0 Å². The fourth-order valence-electron chi connectivity index (χ4n) is 2.21. The number of nitrogens with one attached hydrogen (secondary N) is 1. The second kappa shape index (κ2) is 8.14. The van der Waals surface area contributed by atoms with Crippen LogP contribution in [0.4, 0.5) is 11.4 Å². The van der Waals surface area contributed by atoms with Crippen molar-refractivity contribution in [2.45, 2.75) is 12.1 Å². The lowest BCUT2D eigenvalue weighted by molar-refractivity contribution is -0.384. The van der Waals surface area contributed by atoms with Gasteiger partial charge in [-0.2, -0.15) is 4.68 Å². The molecule has 1 N–H and O–H groups in total. The molecule has 0 unspecified atom stereocenters. The van der Waals surface area contributed by atoms with Crippen molar-refractivity contribution in [1.82, 2.24) is 20.2 Å². The lowest BCUT2D eigenvalue weighted by atomic mass is 10.2. The molecule has 3 rings (SSSR count). The summed E-state index contributed by atoms with van der Waals surface area (Å²) in [5.74, 6) is -0.299. The minimum atomic E-state index is -0.511. The molecular weight excluding hydrogens is 392 g/mol. The second-order valence-electron chi connectivity index (χ2n) is 5.45. The Morgan fingerprint density at radius 2 is 2.15 bits per heavy atom. The molecule has 9 nitrogen and oxygen atoms in total. The Morgan fingerprint density at radius 3 is 2.89 bits per heavy atom. The highest BCUT2D eigenvalue weighted by molar-refractivity contribution is 7.99. The van der Waals surface area contributed by atoms with Crippen LogP contribution in [0.3, 0.4) is 0 Å². The molecule has 0 aliphatic heterocycles. The van der Waals surface area contributed by atoms with E-state index in [9.17, 15) is 14.9 Å². The van der Waals surface area contributed by atoms with Gasteiger partial charge in [0.15, 0.2) is 0 Å². The number of hydrogen-bond donors (Lipinski definition) is 1. The summed E-state index contributed by atoms with van der Waals surface area (Å²) in [6, 6.07) is 11.3. The van der Waals surface area contributed by atoms with Crippen molar-refractivity contribution in [2.24, 2.45) is 0 Å². The van der Waals surface area contributed by atoms with Gasteiger partial charge in [-0.05, 0) is 41.1 Å². The number of carbonyl (C=O) groups excluding carboxylic acids is 1. The van der Waals surface area contributed by atoms with E-state index >= 15 is 0 Å². The Hall–Kier alpha value is -2.98. The fraction of sp³-hybridized carbons (Fsp3) is 0.125. The molecule has 1 heterocycles. The van der Waals surface area contributed by atoms with Gasteiger partial charge in [-0.3, -0.25) is 14.9 Å². The average molecular weight is 405 g/mol. The quantitative estimate of drug-likeness (QED) is 0.380. The normalized spacial score (nSPS) is 10.6. The van der Waals surface area contributed by atoms with Gasteiger partial charge >= 0.3 is 0 Å². The van der Waals surface area contributed by atoms with Crippen molar-refractivity contribution in [3.63, 3.8) is 0 Å². The Balaban J connectivity index is 1.68. The Kier molecular flexibility index (Phi) is 5.67. The molecule has 1 aromatic heterocycles. The number of hydrogen-bond acceptors (Lipinski definition) is 7.